The second-order valence-corrected chi connectivity index (χ2v) is 4.25. The van der Waals surface area contributed by atoms with Gasteiger partial charge in [-0.05, 0) is 25.0 Å². The Morgan fingerprint density at radius 2 is 2.06 bits per heavy atom. The number of nitrogens with two attached hydrogens (primary N) is 1. The lowest BCUT2D eigenvalue weighted by molar-refractivity contribution is 0.100. The highest BCUT2D eigenvalue weighted by Crippen LogP contribution is 2.40. The monoisotopic (exact) mass is 212 g/mol. The quantitative estimate of drug-likeness (QED) is 0.829. The summed E-state index contributed by atoms with van der Waals surface area (Å²) in [5.74, 6) is 0.156. The zero-order valence-corrected chi connectivity index (χ0v) is 8.81. The fourth-order valence-corrected chi connectivity index (χ4v) is 1.99. The minimum atomic E-state index is -0.375. The average Bonchev–Trinajstić information content (AvgIpc) is 3.11. The molecule has 0 bridgehead atoms. The molecule has 16 heavy (non-hydrogen) atoms. The summed E-state index contributed by atoms with van der Waals surface area (Å²) in [4.78, 5) is 16.0. The fraction of sp³-hybridized carbons (Fsp3) is 0.231. The van der Waals surface area contributed by atoms with E-state index in [2.05, 4.69) is 4.98 Å². The van der Waals surface area contributed by atoms with Gasteiger partial charge in [0.15, 0.2) is 0 Å². The second kappa shape index (κ2) is 3.30. The maximum absolute atomic E-state index is 11.4. The molecular weight excluding hydrogens is 200 g/mol. The van der Waals surface area contributed by atoms with Gasteiger partial charge < -0.3 is 5.73 Å². The lowest BCUT2D eigenvalue weighted by Crippen LogP contribution is -2.12. The number of carbonyl (C=O) groups is 1. The molecule has 0 aliphatic heterocycles. The average molecular weight is 212 g/mol. The van der Waals surface area contributed by atoms with Gasteiger partial charge in [-0.2, -0.15) is 0 Å². The lowest BCUT2D eigenvalue weighted by atomic mass is 10.1. The van der Waals surface area contributed by atoms with Crippen molar-refractivity contribution >= 4 is 16.8 Å². The highest BCUT2D eigenvalue weighted by molar-refractivity contribution is 6.05. The first kappa shape index (κ1) is 9.33. The molecule has 0 unspecified atom stereocenters. The van der Waals surface area contributed by atoms with Gasteiger partial charge in [0.1, 0.15) is 0 Å². The number of amides is 1. The van der Waals surface area contributed by atoms with Crippen molar-refractivity contribution in [1.82, 2.24) is 4.98 Å². The standard InChI is InChI=1S/C13H12N2O/c14-13(16)10-7-12(8-5-6-8)15-11-4-2-1-3-9(10)11/h1-4,7-8H,5-6H2,(H2,14,16). The van der Waals surface area contributed by atoms with E-state index >= 15 is 0 Å². The van der Waals surface area contributed by atoms with Crippen LogP contribution in [0.1, 0.15) is 34.8 Å². The molecule has 1 amide bonds. The van der Waals surface area contributed by atoms with Gasteiger partial charge in [-0.1, -0.05) is 18.2 Å². The third-order valence-corrected chi connectivity index (χ3v) is 3.00. The number of pyridine rings is 1. The second-order valence-electron chi connectivity index (χ2n) is 4.25. The number of rotatable bonds is 2. The Labute approximate surface area is 93.3 Å². The third kappa shape index (κ3) is 1.45. The number of carbonyl (C=O) groups excluding carboxylic acids is 1. The number of primary amides is 1. The van der Waals surface area contributed by atoms with Gasteiger partial charge in [-0.15, -0.1) is 0 Å². The predicted octanol–water partition coefficient (Wildman–Crippen LogP) is 2.21. The van der Waals surface area contributed by atoms with Crippen LogP contribution in [0.2, 0.25) is 0 Å². The summed E-state index contributed by atoms with van der Waals surface area (Å²) in [5, 5.41) is 0.847. The summed E-state index contributed by atoms with van der Waals surface area (Å²) >= 11 is 0. The molecule has 1 aromatic heterocycles. The van der Waals surface area contributed by atoms with Crippen molar-refractivity contribution in [3.63, 3.8) is 0 Å². The zero-order valence-electron chi connectivity index (χ0n) is 8.81. The minimum Gasteiger partial charge on any atom is -0.366 e. The van der Waals surface area contributed by atoms with Crippen molar-refractivity contribution in [2.75, 3.05) is 0 Å². The normalized spacial score (nSPS) is 15.2. The summed E-state index contributed by atoms with van der Waals surface area (Å²) in [6, 6.07) is 9.49. The Bertz CT molecular complexity index is 573. The molecule has 1 aliphatic carbocycles. The molecule has 2 aromatic rings. The molecule has 0 radical (unpaired) electrons. The number of para-hydroxylation sites is 1. The zero-order chi connectivity index (χ0) is 11.1. The van der Waals surface area contributed by atoms with E-state index in [4.69, 9.17) is 5.73 Å². The molecule has 3 nitrogen and oxygen atoms in total. The molecule has 0 atom stereocenters. The van der Waals surface area contributed by atoms with Crippen LogP contribution in [0.15, 0.2) is 30.3 Å². The Hall–Kier alpha value is -1.90. The molecule has 1 aromatic carbocycles. The van der Waals surface area contributed by atoms with Crippen molar-refractivity contribution in [1.29, 1.82) is 0 Å². The molecule has 0 spiro atoms. The lowest BCUT2D eigenvalue weighted by Gasteiger charge is -2.06. The number of benzene rings is 1. The fourth-order valence-electron chi connectivity index (χ4n) is 1.99. The maximum Gasteiger partial charge on any atom is 0.249 e. The summed E-state index contributed by atoms with van der Waals surface area (Å²) < 4.78 is 0. The van der Waals surface area contributed by atoms with Crippen LogP contribution < -0.4 is 5.73 Å². The van der Waals surface area contributed by atoms with E-state index in [0.29, 0.717) is 11.5 Å². The van der Waals surface area contributed by atoms with Crippen molar-refractivity contribution in [2.24, 2.45) is 5.73 Å². The van der Waals surface area contributed by atoms with Crippen molar-refractivity contribution in [3.05, 3.63) is 41.6 Å². The van der Waals surface area contributed by atoms with Crippen LogP contribution in [0.5, 0.6) is 0 Å². The van der Waals surface area contributed by atoms with Crippen LogP contribution >= 0.6 is 0 Å². The topological polar surface area (TPSA) is 56.0 Å². The van der Waals surface area contributed by atoms with Gasteiger partial charge in [0, 0.05) is 17.0 Å². The number of fused-ring (bicyclic) bond motifs is 1. The molecule has 1 heterocycles. The summed E-state index contributed by atoms with van der Waals surface area (Å²) in [6.07, 6.45) is 2.34. The SMILES string of the molecule is NC(=O)c1cc(C2CC2)nc2ccccc12. The van der Waals surface area contributed by atoms with Crippen molar-refractivity contribution in [2.45, 2.75) is 18.8 Å². The Balaban J connectivity index is 2.30. The largest absolute Gasteiger partial charge is 0.366 e. The summed E-state index contributed by atoms with van der Waals surface area (Å²) in [6.45, 7) is 0. The van der Waals surface area contributed by atoms with E-state index in [-0.39, 0.29) is 5.91 Å². The van der Waals surface area contributed by atoms with E-state index in [0.717, 1.165) is 16.6 Å². The first-order valence-corrected chi connectivity index (χ1v) is 5.45. The van der Waals surface area contributed by atoms with E-state index < -0.39 is 0 Å². The van der Waals surface area contributed by atoms with E-state index in [1.165, 1.54) is 12.8 Å². The highest BCUT2D eigenvalue weighted by Gasteiger charge is 2.26. The molecule has 1 fully saturated rings. The Morgan fingerprint density at radius 1 is 1.31 bits per heavy atom. The van der Waals surface area contributed by atoms with Crippen LogP contribution in [-0.2, 0) is 0 Å². The molecular formula is C13H12N2O. The first-order chi connectivity index (χ1) is 7.75. The van der Waals surface area contributed by atoms with Gasteiger partial charge in [0.25, 0.3) is 0 Å². The van der Waals surface area contributed by atoms with Crippen LogP contribution in [0.4, 0.5) is 0 Å². The molecule has 0 saturated heterocycles. The Morgan fingerprint density at radius 3 is 2.75 bits per heavy atom. The van der Waals surface area contributed by atoms with Gasteiger partial charge >= 0.3 is 0 Å². The van der Waals surface area contributed by atoms with Crippen LogP contribution in [0.25, 0.3) is 10.9 Å². The van der Waals surface area contributed by atoms with Crippen molar-refractivity contribution in [3.8, 4) is 0 Å². The van der Waals surface area contributed by atoms with Crippen LogP contribution in [-0.4, -0.2) is 10.9 Å². The molecule has 80 valence electrons. The summed E-state index contributed by atoms with van der Waals surface area (Å²) in [5.41, 5.74) is 7.86. The third-order valence-electron chi connectivity index (χ3n) is 3.00. The van der Waals surface area contributed by atoms with E-state index in [1.54, 1.807) is 0 Å². The van der Waals surface area contributed by atoms with Gasteiger partial charge in [0.05, 0.1) is 11.1 Å². The first-order valence-electron chi connectivity index (χ1n) is 5.45. The smallest absolute Gasteiger partial charge is 0.249 e. The maximum atomic E-state index is 11.4. The molecule has 1 saturated carbocycles. The van der Waals surface area contributed by atoms with Gasteiger partial charge in [0.2, 0.25) is 5.91 Å². The summed E-state index contributed by atoms with van der Waals surface area (Å²) in [7, 11) is 0. The molecule has 3 rings (SSSR count). The predicted molar refractivity (Wildman–Crippen MR) is 62.2 cm³/mol. The van der Waals surface area contributed by atoms with Crippen molar-refractivity contribution < 1.29 is 4.79 Å². The highest BCUT2D eigenvalue weighted by atomic mass is 16.1. The molecule has 2 N–H and O–H groups in total. The minimum absolute atomic E-state index is 0.375. The van der Waals surface area contributed by atoms with E-state index in [1.807, 2.05) is 30.3 Å². The molecule has 3 heteroatoms. The number of aromatic nitrogens is 1. The van der Waals surface area contributed by atoms with Gasteiger partial charge in [-0.25, -0.2) is 0 Å². The van der Waals surface area contributed by atoms with E-state index in [9.17, 15) is 4.79 Å². The number of hydrogen-bond acceptors (Lipinski definition) is 2. The van der Waals surface area contributed by atoms with Crippen LogP contribution in [0.3, 0.4) is 0 Å². The van der Waals surface area contributed by atoms with Gasteiger partial charge in [-0.3, -0.25) is 9.78 Å². The van der Waals surface area contributed by atoms with Crippen LogP contribution in [0, 0.1) is 0 Å². The Kier molecular flexibility index (Phi) is 1.93. The number of hydrogen-bond donors (Lipinski definition) is 1. The molecule has 1 aliphatic rings. The number of nitrogens with zero attached hydrogens (tertiary/aromatic N) is 1.